The van der Waals surface area contributed by atoms with E-state index in [1.807, 2.05) is 32.6 Å². The van der Waals surface area contributed by atoms with Crippen LogP contribution in [0.5, 0.6) is 0 Å². The summed E-state index contributed by atoms with van der Waals surface area (Å²) in [6.07, 6.45) is 4.62. The summed E-state index contributed by atoms with van der Waals surface area (Å²) in [5.74, 6) is 1.65. The second-order valence-corrected chi connectivity index (χ2v) is 19.9. The number of nitrogens with one attached hydrogen (secondary N) is 1. The van der Waals surface area contributed by atoms with Gasteiger partial charge in [-0.05, 0) is 70.2 Å². The lowest BCUT2D eigenvalue weighted by Gasteiger charge is -2.40. The van der Waals surface area contributed by atoms with E-state index in [9.17, 15) is 18.0 Å². The average Bonchev–Trinajstić information content (AvgIpc) is 4.16. The molecule has 382 valence electrons. The van der Waals surface area contributed by atoms with Crippen LogP contribution in [-0.4, -0.2) is 165 Å². The van der Waals surface area contributed by atoms with E-state index in [0.29, 0.717) is 103 Å². The number of aromatic nitrogens is 2. The third-order valence-corrected chi connectivity index (χ3v) is 12.9. The molecule has 2 fully saturated rings. The zero-order chi connectivity index (χ0) is 49.1. The highest BCUT2D eigenvalue weighted by Gasteiger charge is 2.34. The van der Waals surface area contributed by atoms with Crippen LogP contribution >= 0.6 is 0 Å². The quantitative estimate of drug-likeness (QED) is 0.0575. The number of hydrogen-bond acceptors (Lipinski definition) is 17. The lowest BCUT2D eigenvalue weighted by molar-refractivity contribution is -0.0174. The monoisotopic (exact) mass is 984 g/mol. The lowest BCUT2D eigenvalue weighted by atomic mass is 9.96. The molecule has 1 aliphatic carbocycles. The number of aryl methyl sites for hydroxylation is 1. The zero-order valence-electron chi connectivity index (χ0n) is 40.9. The maximum absolute atomic E-state index is 12.8. The van der Waals surface area contributed by atoms with E-state index in [0.717, 1.165) is 36.6 Å². The maximum Gasteiger partial charge on any atom is 0.415 e. The molecule has 19 nitrogen and oxygen atoms in total. The predicted molar refractivity (Wildman–Crippen MR) is 257 cm³/mol. The zero-order valence-corrected chi connectivity index (χ0v) is 41.8. The highest BCUT2D eigenvalue weighted by Crippen LogP contribution is 2.41. The Morgan fingerprint density at radius 2 is 1.30 bits per heavy atom. The molecular formula is C49H72N6O13S. The summed E-state index contributed by atoms with van der Waals surface area (Å²) in [5, 5.41) is 3.42. The Balaban J connectivity index is 0.796. The van der Waals surface area contributed by atoms with Crippen LogP contribution in [0.25, 0.3) is 0 Å². The summed E-state index contributed by atoms with van der Waals surface area (Å²) in [6.45, 7) is 17.0. The van der Waals surface area contributed by atoms with Crippen LogP contribution in [0, 0.1) is 12.8 Å². The third kappa shape index (κ3) is 18.3. The molecule has 3 aliphatic rings. The molecule has 2 aliphatic heterocycles. The van der Waals surface area contributed by atoms with E-state index in [1.54, 1.807) is 18.3 Å². The number of rotatable bonds is 30. The van der Waals surface area contributed by atoms with E-state index in [-0.39, 0.29) is 50.0 Å². The third-order valence-electron chi connectivity index (χ3n) is 11.6. The molecule has 2 atom stereocenters. The number of fused-ring (bicyclic) bond motifs is 1. The molecule has 0 bridgehead atoms. The Hall–Kier alpha value is -4.51. The second-order valence-electron chi connectivity index (χ2n) is 18.2. The summed E-state index contributed by atoms with van der Waals surface area (Å²) in [4.78, 5) is 40.7. The van der Waals surface area contributed by atoms with Crippen molar-refractivity contribution in [2.45, 2.75) is 83.1 Å². The molecule has 0 unspecified atom stereocenters. The maximum atomic E-state index is 12.8. The number of anilines is 2. The first-order valence-electron chi connectivity index (χ1n) is 24.1. The van der Waals surface area contributed by atoms with Crippen LogP contribution in [-0.2, 0) is 58.8 Å². The van der Waals surface area contributed by atoms with Gasteiger partial charge in [-0.2, -0.15) is 13.4 Å². The fourth-order valence-electron chi connectivity index (χ4n) is 7.63. The molecule has 69 heavy (non-hydrogen) atoms. The fraction of sp³-hybridized carbons (Fsp3) is 0.633. The van der Waals surface area contributed by atoms with Crippen LogP contribution < -0.4 is 10.2 Å². The molecule has 0 spiro atoms. The van der Waals surface area contributed by atoms with Gasteiger partial charge < -0.3 is 48.1 Å². The predicted octanol–water partition coefficient (Wildman–Crippen LogP) is 6.31. The molecule has 3 heterocycles. The second kappa shape index (κ2) is 27.2. The minimum Gasteiger partial charge on any atom is -0.444 e. The first-order valence-corrected chi connectivity index (χ1v) is 25.5. The first kappa shape index (κ1) is 53.8. The minimum absolute atomic E-state index is 0.0781. The summed E-state index contributed by atoms with van der Waals surface area (Å²) >= 11 is 0. The van der Waals surface area contributed by atoms with E-state index >= 15 is 0 Å². The minimum atomic E-state index is -3.80. The molecule has 3 aromatic rings. The highest BCUT2D eigenvalue weighted by molar-refractivity contribution is 7.86. The van der Waals surface area contributed by atoms with Gasteiger partial charge >= 0.3 is 12.2 Å². The highest BCUT2D eigenvalue weighted by atomic mass is 32.2. The number of hydrogen-bond donors (Lipinski definition) is 1. The summed E-state index contributed by atoms with van der Waals surface area (Å²) in [7, 11) is -3.80. The van der Waals surface area contributed by atoms with Crippen molar-refractivity contribution in [2.24, 2.45) is 5.92 Å². The molecule has 6 rings (SSSR count). The van der Waals surface area contributed by atoms with Gasteiger partial charge in [-0.3, -0.25) is 14.0 Å². The van der Waals surface area contributed by atoms with Crippen molar-refractivity contribution >= 4 is 34.1 Å². The number of carbonyl (C=O) groups is 2. The molecule has 2 aromatic carbocycles. The Bertz CT molecular complexity index is 2130. The van der Waals surface area contributed by atoms with Gasteiger partial charge in [0.2, 0.25) is 5.95 Å². The van der Waals surface area contributed by atoms with Crippen LogP contribution in [0.4, 0.5) is 21.4 Å². The molecule has 0 radical (unpaired) electrons. The summed E-state index contributed by atoms with van der Waals surface area (Å²) < 4.78 is 73.6. The van der Waals surface area contributed by atoms with Gasteiger partial charge in [-0.15, -0.1) is 0 Å². The Kier molecular flexibility index (Phi) is 21.2. The van der Waals surface area contributed by atoms with E-state index in [2.05, 4.69) is 46.4 Å². The van der Waals surface area contributed by atoms with Crippen molar-refractivity contribution in [3.8, 4) is 0 Å². The molecular weight excluding hydrogens is 913 g/mol. The van der Waals surface area contributed by atoms with E-state index < -0.39 is 21.8 Å². The number of ether oxygens (including phenoxy) is 8. The topological polar surface area (TPSA) is 199 Å². The number of amides is 2. The number of carbonyl (C=O) groups excluding carboxylic acids is 2. The number of benzene rings is 2. The summed E-state index contributed by atoms with van der Waals surface area (Å²) in [5.41, 5.74) is 3.53. The standard InChI is InChI=1S/C49H72N6O13S/c1-37-6-14-43(15-7-37)69(58,59)67-33-32-65-31-30-64-29-28-63-27-26-62-25-24-61-23-22-60-21-20-55-45-42(36-66-48(55)57)35-50-46(52-45)51-38(2)40-10-12-41(13-11-40)44(34-39-8-9-39)53-16-18-54(19-17-53)47(56)68-49(3,4)5/h6-7,10-15,35,38-39,44H,8-9,16-34,36H2,1-5H3,(H,50,51,52)/t38-,44-/m0/s1. The SMILES string of the molecule is Cc1ccc(S(=O)(=O)OCCOCCOCCOCCOCCOCCOCCN2C(=O)OCc3cnc(N[C@@H](C)c4ccc([C@H](CC5CC5)N5CCN(C(=O)OC(C)(C)C)CC5)cc4)nc32)cc1. The lowest BCUT2D eigenvalue weighted by Crippen LogP contribution is -2.50. The van der Waals surface area contributed by atoms with Gasteiger partial charge in [0.05, 0.1) is 109 Å². The normalized spacial score (nSPS) is 16.5. The van der Waals surface area contributed by atoms with Gasteiger partial charge in [-0.25, -0.2) is 14.6 Å². The van der Waals surface area contributed by atoms with Gasteiger partial charge in [-0.1, -0.05) is 54.8 Å². The molecule has 1 N–H and O–H groups in total. The van der Waals surface area contributed by atoms with Gasteiger partial charge in [0.25, 0.3) is 10.1 Å². The van der Waals surface area contributed by atoms with Crippen molar-refractivity contribution in [3.05, 3.63) is 77.0 Å². The molecule has 1 aromatic heterocycles. The molecule has 1 saturated carbocycles. The van der Waals surface area contributed by atoms with Crippen LogP contribution in [0.3, 0.4) is 0 Å². The van der Waals surface area contributed by atoms with E-state index in [4.69, 9.17) is 47.1 Å². The van der Waals surface area contributed by atoms with Crippen molar-refractivity contribution in [2.75, 3.05) is 129 Å². The Labute approximate surface area is 407 Å². The van der Waals surface area contributed by atoms with E-state index in [1.165, 1.54) is 35.4 Å². The Morgan fingerprint density at radius 3 is 1.86 bits per heavy atom. The van der Waals surface area contributed by atoms with Gasteiger partial charge in [0.15, 0.2) is 0 Å². The van der Waals surface area contributed by atoms with Crippen molar-refractivity contribution < 1.29 is 60.1 Å². The van der Waals surface area contributed by atoms with Crippen LogP contribution in [0.1, 0.15) is 81.3 Å². The van der Waals surface area contributed by atoms with Gasteiger partial charge in [0.1, 0.15) is 18.0 Å². The molecule has 20 heteroatoms. The Morgan fingerprint density at radius 1 is 0.768 bits per heavy atom. The fourth-order valence-corrected chi connectivity index (χ4v) is 8.52. The smallest absolute Gasteiger partial charge is 0.415 e. The first-order chi connectivity index (χ1) is 33.3. The van der Waals surface area contributed by atoms with Crippen LogP contribution in [0.15, 0.2) is 59.6 Å². The largest absolute Gasteiger partial charge is 0.444 e. The molecule has 1 saturated heterocycles. The average molecular weight is 985 g/mol. The summed E-state index contributed by atoms with van der Waals surface area (Å²) in [6, 6.07) is 15.4. The molecule has 2 amide bonds. The number of nitrogens with zero attached hydrogens (tertiary/aromatic N) is 5. The number of piperazine rings is 1. The van der Waals surface area contributed by atoms with Crippen LogP contribution in [0.2, 0.25) is 0 Å². The van der Waals surface area contributed by atoms with Crippen molar-refractivity contribution in [3.63, 3.8) is 0 Å². The van der Waals surface area contributed by atoms with Gasteiger partial charge in [0, 0.05) is 38.4 Å². The van der Waals surface area contributed by atoms with Crippen molar-refractivity contribution in [1.29, 1.82) is 0 Å². The van der Waals surface area contributed by atoms with Crippen molar-refractivity contribution in [1.82, 2.24) is 19.8 Å². The number of cyclic esters (lactones) is 1.